The van der Waals surface area contributed by atoms with Crippen LogP contribution in [0.4, 0.5) is 18.9 Å². The Morgan fingerprint density at radius 1 is 1.00 bits per heavy atom. The second kappa shape index (κ2) is 9.53. The third-order valence-corrected chi connectivity index (χ3v) is 3.12. The predicted octanol–water partition coefficient (Wildman–Crippen LogP) is 5.40. The van der Waals surface area contributed by atoms with E-state index < -0.39 is 12.8 Å². The van der Waals surface area contributed by atoms with Crippen molar-refractivity contribution in [2.45, 2.75) is 51.6 Å². The molecule has 0 unspecified atom stereocenters. The van der Waals surface area contributed by atoms with E-state index in [9.17, 15) is 13.2 Å². The molecule has 0 spiro atoms. The van der Waals surface area contributed by atoms with Gasteiger partial charge in [-0.1, -0.05) is 51.2 Å². The van der Waals surface area contributed by atoms with Gasteiger partial charge in [0.25, 0.3) is 0 Å². The van der Waals surface area contributed by atoms with Crippen molar-refractivity contribution in [3.05, 3.63) is 24.3 Å². The minimum absolute atomic E-state index is 0.251. The summed E-state index contributed by atoms with van der Waals surface area (Å²) in [5.41, 5.74) is 0.621. The summed E-state index contributed by atoms with van der Waals surface area (Å²) in [6.07, 6.45) is 2.79. The van der Waals surface area contributed by atoms with Gasteiger partial charge in [0.15, 0.2) is 6.61 Å². The Balaban J connectivity index is 2.31. The Morgan fingerprint density at radius 3 is 2.38 bits per heavy atom. The lowest BCUT2D eigenvalue weighted by atomic mass is 10.1. The third kappa shape index (κ3) is 8.48. The van der Waals surface area contributed by atoms with E-state index in [1.54, 1.807) is 24.3 Å². The van der Waals surface area contributed by atoms with Gasteiger partial charge >= 0.3 is 6.18 Å². The zero-order valence-corrected chi connectivity index (χ0v) is 12.5. The largest absolute Gasteiger partial charge is 0.482 e. The number of alkyl halides is 3. The molecule has 0 saturated heterocycles. The molecule has 0 fully saturated rings. The number of nitrogens with one attached hydrogen (secondary N) is 1. The van der Waals surface area contributed by atoms with E-state index in [1.807, 2.05) is 0 Å². The average molecular weight is 303 g/mol. The SMILES string of the molecule is CCCCCCCCNc1ccccc1OCC(F)(F)F. The molecule has 0 atom stereocenters. The van der Waals surface area contributed by atoms with Crippen molar-refractivity contribution in [3.63, 3.8) is 0 Å². The molecule has 5 heteroatoms. The van der Waals surface area contributed by atoms with Crippen molar-refractivity contribution in [2.24, 2.45) is 0 Å². The first-order valence-electron chi connectivity index (χ1n) is 7.55. The van der Waals surface area contributed by atoms with Gasteiger partial charge in [-0.15, -0.1) is 0 Å². The predicted molar refractivity (Wildman–Crippen MR) is 79.9 cm³/mol. The standard InChI is InChI=1S/C16H24F3NO/c1-2-3-4-5-6-9-12-20-14-10-7-8-11-15(14)21-13-16(17,18)19/h7-8,10-11,20H,2-6,9,12-13H2,1H3. The molecular weight excluding hydrogens is 279 g/mol. The van der Waals surface area contributed by atoms with Crippen molar-refractivity contribution in [1.29, 1.82) is 0 Å². The third-order valence-electron chi connectivity index (χ3n) is 3.12. The van der Waals surface area contributed by atoms with E-state index in [1.165, 1.54) is 25.7 Å². The zero-order chi connectivity index (χ0) is 15.6. The molecule has 120 valence electrons. The number of halogens is 3. The fourth-order valence-electron chi connectivity index (χ4n) is 2.03. The number of anilines is 1. The summed E-state index contributed by atoms with van der Waals surface area (Å²) in [5, 5.41) is 3.15. The Labute approximate surface area is 124 Å². The minimum Gasteiger partial charge on any atom is -0.482 e. The molecule has 1 aromatic carbocycles. The van der Waals surface area contributed by atoms with Crippen LogP contribution in [0.15, 0.2) is 24.3 Å². The summed E-state index contributed by atoms with van der Waals surface area (Å²) in [6.45, 7) is 1.67. The minimum atomic E-state index is -4.31. The highest BCUT2D eigenvalue weighted by molar-refractivity contribution is 5.56. The number of hydrogen-bond donors (Lipinski definition) is 1. The summed E-state index contributed by atoms with van der Waals surface area (Å²) in [4.78, 5) is 0. The zero-order valence-electron chi connectivity index (χ0n) is 12.5. The summed E-state index contributed by atoms with van der Waals surface area (Å²) in [7, 11) is 0. The van der Waals surface area contributed by atoms with Crippen LogP contribution in [0.25, 0.3) is 0 Å². The molecular formula is C16H24F3NO. The molecule has 0 aliphatic heterocycles. The van der Waals surface area contributed by atoms with Crippen LogP contribution in [0.2, 0.25) is 0 Å². The maximum atomic E-state index is 12.2. The lowest BCUT2D eigenvalue weighted by molar-refractivity contribution is -0.153. The van der Waals surface area contributed by atoms with E-state index in [-0.39, 0.29) is 5.75 Å². The molecule has 0 aliphatic rings. The molecule has 2 nitrogen and oxygen atoms in total. The molecule has 0 bridgehead atoms. The Morgan fingerprint density at radius 2 is 1.67 bits per heavy atom. The molecule has 21 heavy (non-hydrogen) atoms. The molecule has 0 aliphatic carbocycles. The Hall–Kier alpha value is -1.39. The highest BCUT2D eigenvalue weighted by Crippen LogP contribution is 2.26. The van der Waals surface area contributed by atoms with Crippen LogP contribution in [-0.4, -0.2) is 19.3 Å². The van der Waals surface area contributed by atoms with Crippen LogP contribution >= 0.6 is 0 Å². The summed E-state index contributed by atoms with van der Waals surface area (Å²) in [5.74, 6) is 0.251. The summed E-state index contributed by atoms with van der Waals surface area (Å²) < 4.78 is 41.4. The lowest BCUT2D eigenvalue weighted by Crippen LogP contribution is -2.19. The first-order chi connectivity index (χ1) is 10.0. The van der Waals surface area contributed by atoms with E-state index in [4.69, 9.17) is 4.74 Å². The normalized spacial score (nSPS) is 11.4. The average Bonchev–Trinajstić information content (AvgIpc) is 2.44. The van der Waals surface area contributed by atoms with Gasteiger partial charge in [-0.25, -0.2) is 0 Å². The highest BCUT2D eigenvalue weighted by atomic mass is 19.4. The topological polar surface area (TPSA) is 21.3 Å². The number of para-hydroxylation sites is 2. The molecule has 0 amide bonds. The molecule has 1 rings (SSSR count). The summed E-state index contributed by atoms with van der Waals surface area (Å²) in [6, 6.07) is 6.74. The maximum absolute atomic E-state index is 12.2. The fraction of sp³-hybridized carbons (Fsp3) is 0.625. The van der Waals surface area contributed by atoms with Crippen LogP contribution in [0.1, 0.15) is 45.4 Å². The molecule has 0 aromatic heterocycles. The second-order valence-electron chi connectivity index (χ2n) is 5.09. The van der Waals surface area contributed by atoms with Gasteiger partial charge in [0.2, 0.25) is 0 Å². The van der Waals surface area contributed by atoms with E-state index >= 15 is 0 Å². The van der Waals surface area contributed by atoms with E-state index in [2.05, 4.69) is 12.2 Å². The highest BCUT2D eigenvalue weighted by Gasteiger charge is 2.28. The first-order valence-corrected chi connectivity index (χ1v) is 7.55. The molecule has 0 heterocycles. The first kappa shape index (κ1) is 17.7. The fourth-order valence-corrected chi connectivity index (χ4v) is 2.03. The van der Waals surface area contributed by atoms with Crippen LogP contribution in [0, 0.1) is 0 Å². The quantitative estimate of drug-likeness (QED) is 0.584. The smallest absolute Gasteiger partial charge is 0.422 e. The van der Waals surface area contributed by atoms with E-state index in [0.717, 1.165) is 19.4 Å². The molecule has 0 saturated carbocycles. The van der Waals surface area contributed by atoms with Gasteiger partial charge < -0.3 is 10.1 Å². The van der Waals surface area contributed by atoms with E-state index in [0.29, 0.717) is 5.69 Å². The Kier molecular flexibility index (Phi) is 8.01. The van der Waals surface area contributed by atoms with Crippen LogP contribution in [0.5, 0.6) is 5.75 Å². The monoisotopic (exact) mass is 303 g/mol. The number of rotatable bonds is 10. The second-order valence-corrected chi connectivity index (χ2v) is 5.09. The number of unbranched alkanes of at least 4 members (excludes halogenated alkanes) is 5. The van der Waals surface area contributed by atoms with Gasteiger partial charge in [0.05, 0.1) is 5.69 Å². The number of ether oxygens (including phenoxy) is 1. The Bertz CT molecular complexity index is 393. The molecule has 0 radical (unpaired) electrons. The maximum Gasteiger partial charge on any atom is 0.422 e. The lowest BCUT2D eigenvalue weighted by Gasteiger charge is -2.14. The van der Waals surface area contributed by atoms with Crippen molar-refractivity contribution < 1.29 is 17.9 Å². The number of benzene rings is 1. The van der Waals surface area contributed by atoms with Crippen molar-refractivity contribution >= 4 is 5.69 Å². The van der Waals surface area contributed by atoms with Crippen LogP contribution < -0.4 is 10.1 Å². The number of hydrogen-bond acceptors (Lipinski definition) is 2. The van der Waals surface area contributed by atoms with Gasteiger partial charge in [-0.2, -0.15) is 13.2 Å². The van der Waals surface area contributed by atoms with Crippen LogP contribution in [-0.2, 0) is 0 Å². The molecule has 1 aromatic rings. The van der Waals surface area contributed by atoms with Crippen molar-refractivity contribution in [3.8, 4) is 5.75 Å². The van der Waals surface area contributed by atoms with Crippen molar-refractivity contribution in [1.82, 2.24) is 0 Å². The van der Waals surface area contributed by atoms with Gasteiger partial charge in [0.1, 0.15) is 5.75 Å². The summed E-state index contributed by atoms with van der Waals surface area (Å²) >= 11 is 0. The van der Waals surface area contributed by atoms with Gasteiger partial charge in [-0.3, -0.25) is 0 Å². The van der Waals surface area contributed by atoms with Crippen molar-refractivity contribution in [2.75, 3.05) is 18.5 Å². The van der Waals surface area contributed by atoms with Gasteiger partial charge in [-0.05, 0) is 18.6 Å². The van der Waals surface area contributed by atoms with Crippen LogP contribution in [0.3, 0.4) is 0 Å². The van der Waals surface area contributed by atoms with Gasteiger partial charge in [0, 0.05) is 6.54 Å². The molecule has 1 N–H and O–H groups in total.